The van der Waals surface area contributed by atoms with Crippen LogP contribution in [0.4, 0.5) is 5.69 Å². The van der Waals surface area contributed by atoms with Crippen LogP contribution in [0.3, 0.4) is 0 Å². The number of hydrogen-bond donors (Lipinski definition) is 0. The van der Waals surface area contributed by atoms with Crippen LogP contribution in [0.5, 0.6) is 0 Å². The van der Waals surface area contributed by atoms with Gasteiger partial charge in [0.15, 0.2) is 0 Å². The van der Waals surface area contributed by atoms with Crippen LogP contribution >= 0.6 is 11.6 Å². The fraction of sp³-hybridized carbons (Fsp3) is 0.500. The SMILES string of the molecule is Clc1ncc(N2CCCC2)cn1. The zero-order valence-electron chi connectivity index (χ0n) is 6.70. The first kappa shape index (κ1) is 7.80. The van der Waals surface area contributed by atoms with Gasteiger partial charge in [-0.15, -0.1) is 0 Å². The molecule has 0 N–H and O–H groups in total. The summed E-state index contributed by atoms with van der Waals surface area (Å²) in [6.45, 7) is 2.23. The van der Waals surface area contributed by atoms with Gasteiger partial charge in [0, 0.05) is 13.1 Å². The maximum absolute atomic E-state index is 5.58. The largest absolute Gasteiger partial charge is 0.369 e. The van der Waals surface area contributed by atoms with E-state index in [1.54, 1.807) is 12.4 Å². The lowest BCUT2D eigenvalue weighted by Crippen LogP contribution is -2.17. The van der Waals surface area contributed by atoms with Crippen molar-refractivity contribution in [1.82, 2.24) is 9.97 Å². The summed E-state index contributed by atoms with van der Waals surface area (Å²) in [6.07, 6.45) is 6.09. The van der Waals surface area contributed by atoms with Gasteiger partial charge in [0.2, 0.25) is 5.28 Å². The van der Waals surface area contributed by atoms with Crippen molar-refractivity contribution in [1.29, 1.82) is 0 Å². The Balaban J connectivity index is 2.17. The highest BCUT2D eigenvalue weighted by molar-refractivity contribution is 6.28. The van der Waals surface area contributed by atoms with Gasteiger partial charge in [0.1, 0.15) is 0 Å². The molecule has 1 aliphatic rings. The highest BCUT2D eigenvalue weighted by atomic mass is 35.5. The normalized spacial score (nSPS) is 16.9. The van der Waals surface area contributed by atoms with Crippen molar-refractivity contribution in [3.8, 4) is 0 Å². The van der Waals surface area contributed by atoms with Gasteiger partial charge in [-0.1, -0.05) is 0 Å². The molecule has 0 aromatic carbocycles. The highest BCUT2D eigenvalue weighted by Gasteiger charge is 2.12. The van der Waals surface area contributed by atoms with Crippen molar-refractivity contribution in [3.63, 3.8) is 0 Å². The van der Waals surface area contributed by atoms with Crippen molar-refractivity contribution in [2.75, 3.05) is 18.0 Å². The van der Waals surface area contributed by atoms with E-state index in [1.807, 2.05) is 0 Å². The molecular formula is C8H10ClN3. The van der Waals surface area contributed by atoms with E-state index in [2.05, 4.69) is 14.9 Å². The number of halogens is 1. The van der Waals surface area contributed by atoms with E-state index in [-0.39, 0.29) is 0 Å². The molecule has 12 heavy (non-hydrogen) atoms. The van der Waals surface area contributed by atoms with E-state index in [4.69, 9.17) is 11.6 Å². The Labute approximate surface area is 76.4 Å². The van der Waals surface area contributed by atoms with Crippen LogP contribution in [-0.4, -0.2) is 23.1 Å². The van der Waals surface area contributed by atoms with E-state index < -0.39 is 0 Å². The molecule has 3 nitrogen and oxygen atoms in total. The predicted molar refractivity (Wildman–Crippen MR) is 48.5 cm³/mol. The van der Waals surface area contributed by atoms with E-state index in [0.29, 0.717) is 5.28 Å². The molecule has 0 bridgehead atoms. The Morgan fingerprint density at radius 1 is 1.17 bits per heavy atom. The molecule has 2 heterocycles. The second-order valence-corrected chi connectivity index (χ2v) is 3.24. The Morgan fingerprint density at radius 2 is 1.75 bits per heavy atom. The number of nitrogens with zero attached hydrogens (tertiary/aromatic N) is 3. The third-order valence-corrected chi connectivity index (χ3v) is 2.27. The van der Waals surface area contributed by atoms with Gasteiger partial charge in [-0.3, -0.25) is 0 Å². The first-order valence-electron chi connectivity index (χ1n) is 4.09. The van der Waals surface area contributed by atoms with Gasteiger partial charge in [0.25, 0.3) is 0 Å². The molecule has 4 heteroatoms. The number of aromatic nitrogens is 2. The first-order chi connectivity index (χ1) is 5.86. The Hall–Kier alpha value is -0.830. The molecule has 1 aliphatic heterocycles. The van der Waals surface area contributed by atoms with Crippen LogP contribution in [0.2, 0.25) is 5.28 Å². The standard InChI is InChI=1S/C8H10ClN3/c9-8-10-5-7(6-11-8)12-3-1-2-4-12/h5-6H,1-4H2. The third-order valence-electron chi connectivity index (χ3n) is 2.08. The molecule has 1 aromatic heterocycles. The number of anilines is 1. The van der Waals surface area contributed by atoms with Crippen LogP contribution in [0, 0.1) is 0 Å². The molecule has 64 valence electrons. The average Bonchev–Trinajstić information content (AvgIpc) is 2.58. The fourth-order valence-electron chi connectivity index (χ4n) is 1.44. The topological polar surface area (TPSA) is 29.0 Å². The molecule has 1 aromatic rings. The summed E-state index contributed by atoms with van der Waals surface area (Å²) in [7, 11) is 0. The fourth-order valence-corrected chi connectivity index (χ4v) is 1.54. The van der Waals surface area contributed by atoms with E-state index >= 15 is 0 Å². The lowest BCUT2D eigenvalue weighted by Gasteiger charge is -2.15. The van der Waals surface area contributed by atoms with Gasteiger partial charge in [-0.25, -0.2) is 9.97 Å². The Bertz CT molecular complexity index is 254. The summed E-state index contributed by atoms with van der Waals surface area (Å²) in [6, 6.07) is 0. The molecule has 0 amide bonds. The van der Waals surface area contributed by atoms with Gasteiger partial charge in [-0.2, -0.15) is 0 Å². The molecule has 0 spiro atoms. The molecule has 0 unspecified atom stereocenters. The summed E-state index contributed by atoms with van der Waals surface area (Å²) in [5, 5.41) is 0.318. The summed E-state index contributed by atoms with van der Waals surface area (Å²) in [4.78, 5) is 10.1. The Morgan fingerprint density at radius 3 is 2.33 bits per heavy atom. The van der Waals surface area contributed by atoms with Gasteiger partial charge in [0.05, 0.1) is 18.1 Å². The molecule has 0 radical (unpaired) electrons. The molecule has 0 saturated carbocycles. The summed E-state index contributed by atoms with van der Waals surface area (Å²) >= 11 is 5.58. The first-order valence-corrected chi connectivity index (χ1v) is 4.46. The molecule has 0 atom stereocenters. The van der Waals surface area contributed by atoms with Crippen molar-refractivity contribution >= 4 is 17.3 Å². The van der Waals surface area contributed by atoms with Crippen molar-refractivity contribution < 1.29 is 0 Å². The lowest BCUT2D eigenvalue weighted by molar-refractivity contribution is 0.949. The van der Waals surface area contributed by atoms with E-state index in [1.165, 1.54) is 12.8 Å². The van der Waals surface area contributed by atoms with Crippen molar-refractivity contribution in [3.05, 3.63) is 17.7 Å². The Kier molecular flexibility index (Phi) is 2.13. The molecule has 0 aliphatic carbocycles. The minimum Gasteiger partial charge on any atom is -0.369 e. The minimum absolute atomic E-state index is 0.318. The zero-order valence-corrected chi connectivity index (χ0v) is 7.46. The third kappa shape index (κ3) is 1.50. The quantitative estimate of drug-likeness (QED) is 0.621. The van der Waals surface area contributed by atoms with Gasteiger partial charge < -0.3 is 4.90 Å². The van der Waals surface area contributed by atoms with Gasteiger partial charge >= 0.3 is 0 Å². The second-order valence-electron chi connectivity index (χ2n) is 2.90. The van der Waals surface area contributed by atoms with Crippen LogP contribution in [0.25, 0.3) is 0 Å². The monoisotopic (exact) mass is 183 g/mol. The summed E-state index contributed by atoms with van der Waals surface area (Å²) < 4.78 is 0. The number of hydrogen-bond acceptors (Lipinski definition) is 3. The van der Waals surface area contributed by atoms with Gasteiger partial charge in [-0.05, 0) is 24.4 Å². The van der Waals surface area contributed by atoms with Crippen LogP contribution in [0.15, 0.2) is 12.4 Å². The lowest BCUT2D eigenvalue weighted by atomic mass is 10.4. The van der Waals surface area contributed by atoms with E-state index in [0.717, 1.165) is 18.8 Å². The van der Waals surface area contributed by atoms with Crippen LogP contribution in [-0.2, 0) is 0 Å². The molecule has 2 rings (SSSR count). The highest BCUT2D eigenvalue weighted by Crippen LogP contribution is 2.18. The minimum atomic E-state index is 0.318. The second kappa shape index (κ2) is 3.27. The van der Waals surface area contributed by atoms with Crippen LogP contribution in [0.1, 0.15) is 12.8 Å². The number of rotatable bonds is 1. The molecular weight excluding hydrogens is 174 g/mol. The molecule has 1 saturated heterocycles. The zero-order chi connectivity index (χ0) is 8.39. The van der Waals surface area contributed by atoms with Crippen LogP contribution < -0.4 is 4.90 Å². The van der Waals surface area contributed by atoms with E-state index in [9.17, 15) is 0 Å². The maximum atomic E-state index is 5.58. The maximum Gasteiger partial charge on any atom is 0.222 e. The summed E-state index contributed by atoms with van der Waals surface area (Å²) in [5.74, 6) is 0. The summed E-state index contributed by atoms with van der Waals surface area (Å²) in [5.41, 5.74) is 1.08. The predicted octanol–water partition coefficient (Wildman–Crippen LogP) is 1.73. The van der Waals surface area contributed by atoms with Crippen molar-refractivity contribution in [2.24, 2.45) is 0 Å². The smallest absolute Gasteiger partial charge is 0.222 e. The van der Waals surface area contributed by atoms with Crippen molar-refractivity contribution in [2.45, 2.75) is 12.8 Å². The molecule has 1 fully saturated rings. The average molecular weight is 184 g/mol.